The zero-order valence-corrected chi connectivity index (χ0v) is 11.9. The van der Waals surface area contributed by atoms with E-state index in [2.05, 4.69) is 30.9 Å². The summed E-state index contributed by atoms with van der Waals surface area (Å²) in [6.45, 7) is 1.26. The molecule has 2 aromatic heterocycles. The fourth-order valence-electron chi connectivity index (χ4n) is 2.19. The molecule has 3 heterocycles. The van der Waals surface area contributed by atoms with Crippen LogP contribution in [0.15, 0.2) is 11.1 Å². The van der Waals surface area contributed by atoms with Crippen LogP contribution in [0.25, 0.3) is 11.2 Å². The number of anilines is 1. The van der Waals surface area contributed by atoms with Gasteiger partial charge in [0.05, 0.1) is 0 Å². The topological polar surface area (TPSA) is 140 Å². The Hall–Kier alpha value is -1.33. The third-order valence-electron chi connectivity index (χ3n) is 3.24. The quantitative estimate of drug-likeness (QED) is 0.489. The van der Waals surface area contributed by atoms with E-state index in [9.17, 15) is 15.3 Å². The number of rotatable bonds is 1. The van der Waals surface area contributed by atoms with Crippen LogP contribution < -0.4 is 5.73 Å². The molecule has 1 fully saturated rings. The minimum Gasteiger partial charge on any atom is -0.385 e. The standard InChI is InChI=1S/C10H12BrN5O4/c1-10(19)5(18)4(17)8(20-10)16-7-3(15-9(16)11)6(12)13-2-14-7/h2,4-5,8,17-19H,1H3,(H2,12,13,14)/t4-,5-,8+,10+/m0/s1. The number of aliphatic hydroxyl groups excluding tert-OH is 2. The number of imidazole rings is 1. The molecule has 0 bridgehead atoms. The summed E-state index contributed by atoms with van der Waals surface area (Å²) in [5, 5.41) is 29.7. The summed E-state index contributed by atoms with van der Waals surface area (Å²) < 4.78 is 6.97. The molecule has 2 aromatic rings. The number of aromatic nitrogens is 4. The van der Waals surface area contributed by atoms with Crippen LogP contribution in [0.2, 0.25) is 0 Å². The lowest BCUT2D eigenvalue weighted by atomic mass is 10.1. The van der Waals surface area contributed by atoms with Crippen LogP contribution in [-0.2, 0) is 4.74 Å². The average molecular weight is 346 g/mol. The largest absolute Gasteiger partial charge is 0.385 e. The van der Waals surface area contributed by atoms with Crippen LogP contribution in [-0.4, -0.2) is 52.8 Å². The normalized spacial score (nSPS) is 34.0. The van der Waals surface area contributed by atoms with Crippen molar-refractivity contribution in [3.05, 3.63) is 11.1 Å². The van der Waals surface area contributed by atoms with E-state index in [4.69, 9.17) is 10.5 Å². The summed E-state index contributed by atoms with van der Waals surface area (Å²) >= 11 is 3.21. The molecule has 108 valence electrons. The van der Waals surface area contributed by atoms with Crippen molar-refractivity contribution in [3.63, 3.8) is 0 Å². The van der Waals surface area contributed by atoms with Crippen LogP contribution in [0, 0.1) is 0 Å². The predicted octanol–water partition coefficient (Wildman–Crippen LogP) is -0.870. The zero-order valence-electron chi connectivity index (χ0n) is 10.3. The fraction of sp³-hybridized carbons (Fsp3) is 0.500. The van der Waals surface area contributed by atoms with E-state index >= 15 is 0 Å². The summed E-state index contributed by atoms with van der Waals surface area (Å²) in [6, 6.07) is 0. The maximum absolute atomic E-state index is 10.0. The van der Waals surface area contributed by atoms with Gasteiger partial charge in [0.25, 0.3) is 0 Å². The Morgan fingerprint density at radius 1 is 1.45 bits per heavy atom. The lowest BCUT2D eigenvalue weighted by Gasteiger charge is -2.20. The molecule has 0 aromatic carbocycles. The monoisotopic (exact) mass is 345 g/mol. The fourth-order valence-corrected chi connectivity index (χ4v) is 2.73. The molecule has 20 heavy (non-hydrogen) atoms. The molecule has 0 amide bonds. The second kappa shape index (κ2) is 4.33. The molecule has 0 radical (unpaired) electrons. The molecule has 0 unspecified atom stereocenters. The van der Waals surface area contributed by atoms with Crippen LogP contribution in [0.4, 0.5) is 5.82 Å². The Morgan fingerprint density at radius 3 is 2.75 bits per heavy atom. The summed E-state index contributed by atoms with van der Waals surface area (Å²) in [6.07, 6.45) is -2.63. The van der Waals surface area contributed by atoms with Gasteiger partial charge in [0.2, 0.25) is 0 Å². The Kier molecular flexibility index (Phi) is 2.95. The summed E-state index contributed by atoms with van der Waals surface area (Å²) in [5.74, 6) is -1.70. The third kappa shape index (κ3) is 1.80. The number of nitrogen functional groups attached to an aromatic ring is 1. The van der Waals surface area contributed by atoms with Gasteiger partial charge in [-0.1, -0.05) is 0 Å². The van der Waals surface area contributed by atoms with Crippen molar-refractivity contribution in [3.8, 4) is 0 Å². The summed E-state index contributed by atoms with van der Waals surface area (Å²) in [5.41, 5.74) is 6.35. The highest BCUT2D eigenvalue weighted by atomic mass is 79.9. The second-order valence-corrected chi connectivity index (χ2v) is 5.39. The maximum Gasteiger partial charge on any atom is 0.194 e. The number of aliphatic hydroxyl groups is 3. The molecule has 1 aliphatic heterocycles. The van der Waals surface area contributed by atoms with Crippen LogP contribution >= 0.6 is 15.9 Å². The van der Waals surface area contributed by atoms with Crippen LogP contribution in [0.5, 0.6) is 0 Å². The van der Waals surface area contributed by atoms with Crippen LogP contribution in [0.1, 0.15) is 13.2 Å². The van der Waals surface area contributed by atoms with Crippen molar-refractivity contribution >= 4 is 32.9 Å². The Bertz CT molecular complexity index is 675. The first-order valence-electron chi connectivity index (χ1n) is 5.73. The Balaban J connectivity index is 2.16. The van der Waals surface area contributed by atoms with Crippen molar-refractivity contribution in [1.29, 1.82) is 0 Å². The molecular formula is C10H12BrN5O4. The number of nitrogens with zero attached hydrogens (tertiary/aromatic N) is 4. The summed E-state index contributed by atoms with van der Waals surface area (Å²) in [7, 11) is 0. The number of ether oxygens (including phenoxy) is 1. The minimum absolute atomic E-state index is 0.175. The SMILES string of the molecule is C[C@@]1(O)O[C@@H](n2c(Br)nc3c(N)ncnc32)[C@@H](O)[C@@H]1O. The van der Waals surface area contributed by atoms with Crippen molar-refractivity contribution < 1.29 is 20.1 Å². The highest BCUT2D eigenvalue weighted by Crippen LogP contribution is 2.38. The number of nitrogens with two attached hydrogens (primary N) is 1. The molecule has 3 rings (SSSR count). The zero-order chi connectivity index (χ0) is 14.7. The lowest BCUT2D eigenvalue weighted by molar-refractivity contribution is -0.224. The second-order valence-electron chi connectivity index (χ2n) is 4.68. The number of fused-ring (bicyclic) bond motifs is 1. The van der Waals surface area contributed by atoms with Crippen molar-refractivity contribution in [2.45, 2.75) is 31.1 Å². The molecule has 9 nitrogen and oxygen atoms in total. The van der Waals surface area contributed by atoms with Crippen molar-refractivity contribution in [2.24, 2.45) is 0 Å². The highest BCUT2D eigenvalue weighted by Gasteiger charge is 2.52. The van der Waals surface area contributed by atoms with Gasteiger partial charge in [0.15, 0.2) is 33.7 Å². The van der Waals surface area contributed by atoms with Gasteiger partial charge in [0, 0.05) is 0 Å². The molecule has 4 atom stereocenters. The Morgan fingerprint density at radius 2 is 2.15 bits per heavy atom. The first kappa shape index (κ1) is 13.6. The summed E-state index contributed by atoms with van der Waals surface area (Å²) in [4.78, 5) is 12.0. The van der Waals surface area contributed by atoms with E-state index in [0.717, 1.165) is 0 Å². The molecule has 0 aliphatic carbocycles. The molecule has 1 saturated heterocycles. The van der Waals surface area contributed by atoms with Crippen molar-refractivity contribution in [2.75, 3.05) is 5.73 Å². The molecule has 5 N–H and O–H groups in total. The van der Waals surface area contributed by atoms with Gasteiger partial charge in [-0.25, -0.2) is 15.0 Å². The predicted molar refractivity (Wildman–Crippen MR) is 70.2 cm³/mol. The van der Waals surface area contributed by atoms with Gasteiger partial charge >= 0.3 is 0 Å². The van der Waals surface area contributed by atoms with E-state index < -0.39 is 24.2 Å². The van der Waals surface area contributed by atoms with Crippen LogP contribution in [0.3, 0.4) is 0 Å². The van der Waals surface area contributed by atoms with Crippen molar-refractivity contribution in [1.82, 2.24) is 19.5 Å². The highest BCUT2D eigenvalue weighted by molar-refractivity contribution is 9.10. The Labute approximate surface area is 121 Å². The number of halogens is 1. The minimum atomic E-state index is -1.88. The molecule has 1 aliphatic rings. The number of hydrogen-bond donors (Lipinski definition) is 4. The molecule has 10 heteroatoms. The van der Waals surface area contributed by atoms with Gasteiger partial charge < -0.3 is 25.8 Å². The van der Waals surface area contributed by atoms with E-state index in [1.54, 1.807) is 0 Å². The van der Waals surface area contributed by atoms with Gasteiger partial charge in [0.1, 0.15) is 18.5 Å². The first-order chi connectivity index (χ1) is 9.33. The van der Waals surface area contributed by atoms with Gasteiger partial charge in [-0.2, -0.15) is 0 Å². The average Bonchev–Trinajstić information content (AvgIpc) is 2.80. The van der Waals surface area contributed by atoms with E-state index in [-0.39, 0.29) is 10.6 Å². The third-order valence-corrected chi connectivity index (χ3v) is 3.80. The van der Waals surface area contributed by atoms with E-state index in [0.29, 0.717) is 11.2 Å². The van der Waals surface area contributed by atoms with Gasteiger partial charge in [-0.05, 0) is 22.9 Å². The van der Waals surface area contributed by atoms with Gasteiger partial charge in [-0.3, -0.25) is 4.57 Å². The van der Waals surface area contributed by atoms with Gasteiger partial charge in [-0.15, -0.1) is 0 Å². The number of hydrogen-bond acceptors (Lipinski definition) is 8. The maximum atomic E-state index is 10.0. The molecule has 0 saturated carbocycles. The van der Waals surface area contributed by atoms with E-state index in [1.807, 2.05) is 0 Å². The van der Waals surface area contributed by atoms with E-state index in [1.165, 1.54) is 17.8 Å². The first-order valence-corrected chi connectivity index (χ1v) is 6.52. The molecule has 0 spiro atoms. The smallest absolute Gasteiger partial charge is 0.194 e. The molecular weight excluding hydrogens is 334 g/mol. The lowest BCUT2D eigenvalue weighted by Crippen LogP contribution is -2.40.